The minimum absolute atomic E-state index is 0.426. The Hall–Kier alpha value is -2.16. The molecular weight excluding hydrogens is 274 g/mol. The molecular formula is C19H23NO2. The molecule has 0 N–H and O–H groups in total. The van der Waals surface area contributed by atoms with Crippen LogP contribution < -0.4 is 14.4 Å². The number of hydrogen-bond donors (Lipinski definition) is 0. The van der Waals surface area contributed by atoms with Crippen molar-refractivity contribution in [3.05, 3.63) is 48.5 Å². The number of fused-ring (bicyclic) bond motifs is 1. The monoisotopic (exact) mass is 297 g/mol. The van der Waals surface area contributed by atoms with Gasteiger partial charge in [-0.05, 0) is 37.6 Å². The van der Waals surface area contributed by atoms with Crippen LogP contribution in [0.5, 0.6) is 11.5 Å². The highest BCUT2D eigenvalue weighted by Gasteiger charge is 2.19. The second-order valence-electron chi connectivity index (χ2n) is 5.67. The molecule has 116 valence electrons. The highest BCUT2D eigenvalue weighted by atomic mass is 16.6. The minimum Gasteiger partial charge on any atom is -0.486 e. The highest BCUT2D eigenvalue weighted by molar-refractivity contribution is 5.67. The summed E-state index contributed by atoms with van der Waals surface area (Å²) in [5.41, 5.74) is 2.36. The van der Waals surface area contributed by atoms with Crippen LogP contribution in [0.4, 0.5) is 11.4 Å². The molecule has 0 spiro atoms. The molecule has 22 heavy (non-hydrogen) atoms. The molecule has 0 amide bonds. The van der Waals surface area contributed by atoms with Crippen LogP contribution in [0.2, 0.25) is 0 Å². The van der Waals surface area contributed by atoms with Gasteiger partial charge in [0.05, 0.1) is 0 Å². The largest absolute Gasteiger partial charge is 0.486 e. The molecule has 1 heterocycles. The van der Waals surface area contributed by atoms with Crippen molar-refractivity contribution in [2.75, 3.05) is 18.1 Å². The zero-order valence-corrected chi connectivity index (χ0v) is 13.3. The first kappa shape index (κ1) is 14.8. The molecule has 2 aromatic carbocycles. The van der Waals surface area contributed by atoms with E-state index in [1.54, 1.807) is 0 Å². The van der Waals surface area contributed by atoms with Crippen LogP contribution >= 0.6 is 0 Å². The van der Waals surface area contributed by atoms with Crippen molar-refractivity contribution >= 4 is 11.4 Å². The lowest BCUT2D eigenvalue weighted by atomic mass is 10.1. The fourth-order valence-corrected chi connectivity index (χ4v) is 2.98. The lowest BCUT2D eigenvalue weighted by Gasteiger charge is -2.32. The van der Waals surface area contributed by atoms with E-state index in [9.17, 15) is 0 Å². The topological polar surface area (TPSA) is 21.7 Å². The molecule has 3 heteroatoms. The average molecular weight is 297 g/mol. The zero-order valence-electron chi connectivity index (χ0n) is 13.3. The van der Waals surface area contributed by atoms with Gasteiger partial charge >= 0.3 is 0 Å². The van der Waals surface area contributed by atoms with Gasteiger partial charge < -0.3 is 14.4 Å². The molecule has 1 unspecified atom stereocenters. The van der Waals surface area contributed by atoms with Gasteiger partial charge in [0.2, 0.25) is 0 Å². The fourth-order valence-electron chi connectivity index (χ4n) is 2.98. The molecule has 0 saturated heterocycles. The van der Waals surface area contributed by atoms with Crippen LogP contribution in [0.1, 0.15) is 26.7 Å². The first-order chi connectivity index (χ1) is 10.8. The van der Waals surface area contributed by atoms with Gasteiger partial charge in [-0.1, -0.05) is 31.5 Å². The summed E-state index contributed by atoms with van der Waals surface area (Å²) >= 11 is 0. The molecule has 0 aliphatic carbocycles. The Bertz CT molecular complexity index is 612. The predicted octanol–water partition coefficient (Wildman–Crippen LogP) is 4.78. The van der Waals surface area contributed by atoms with Crippen LogP contribution in [-0.4, -0.2) is 19.3 Å². The lowest BCUT2D eigenvalue weighted by molar-refractivity contribution is 0.171. The van der Waals surface area contributed by atoms with Crippen molar-refractivity contribution in [3.8, 4) is 11.5 Å². The Kier molecular flexibility index (Phi) is 4.52. The third kappa shape index (κ3) is 3.03. The average Bonchev–Trinajstić information content (AvgIpc) is 2.56. The van der Waals surface area contributed by atoms with E-state index >= 15 is 0 Å². The normalized spacial score (nSPS) is 14.5. The molecule has 0 saturated carbocycles. The molecule has 0 radical (unpaired) electrons. The van der Waals surface area contributed by atoms with Gasteiger partial charge in [-0.15, -0.1) is 0 Å². The van der Waals surface area contributed by atoms with Crippen molar-refractivity contribution in [1.29, 1.82) is 0 Å². The van der Waals surface area contributed by atoms with Gasteiger partial charge in [0.25, 0.3) is 0 Å². The maximum absolute atomic E-state index is 5.74. The molecule has 0 fully saturated rings. The summed E-state index contributed by atoms with van der Waals surface area (Å²) in [4.78, 5) is 2.38. The summed E-state index contributed by atoms with van der Waals surface area (Å²) in [6.07, 6.45) is 2.30. The summed E-state index contributed by atoms with van der Waals surface area (Å²) in [6, 6.07) is 17.2. The van der Waals surface area contributed by atoms with Crippen LogP contribution in [0.15, 0.2) is 48.5 Å². The molecule has 3 rings (SSSR count). The number of benzene rings is 2. The van der Waals surface area contributed by atoms with Crippen LogP contribution in [0.25, 0.3) is 0 Å². The second kappa shape index (κ2) is 6.73. The Balaban J connectivity index is 1.98. The summed E-state index contributed by atoms with van der Waals surface area (Å²) in [6.45, 7) is 5.74. The van der Waals surface area contributed by atoms with Crippen molar-refractivity contribution in [1.82, 2.24) is 0 Å². The van der Waals surface area contributed by atoms with E-state index in [-0.39, 0.29) is 0 Å². The van der Waals surface area contributed by atoms with Crippen LogP contribution in [0.3, 0.4) is 0 Å². The Morgan fingerprint density at radius 3 is 2.41 bits per heavy atom. The molecule has 0 bridgehead atoms. The van der Waals surface area contributed by atoms with Crippen molar-refractivity contribution in [2.45, 2.75) is 32.7 Å². The Labute approximate surface area is 132 Å². The van der Waals surface area contributed by atoms with E-state index in [0.717, 1.165) is 30.0 Å². The summed E-state index contributed by atoms with van der Waals surface area (Å²) < 4.78 is 11.4. The van der Waals surface area contributed by atoms with E-state index in [1.807, 2.05) is 6.07 Å². The maximum Gasteiger partial charge on any atom is 0.163 e. The lowest BCUT2D eigenvalue weighted by Crippen LogP contribution is -2.28. The quantitative estimate of drug-likeness (QED) is 0.792. The van der Waals surface area contributed by atoms with Gasteiger partial charge in [-0.3, -0.25) is 0 Å². The van der Waals surface area contributed by atoms with Gasteiger partial charge in [0, 0.05) is 23.5 Å². The standard InChI is InChI=1S/C19H23NO2/c1-3-7-15(2)20(16-8-5-4-6-9-16)17-10-11-18-19(14-17)22-13-12-21-18/h4-6,8-11,14-15H,3,7,12-13H2,1-2H3. The Morgan fingerprint density at radius 2 is 1.68 bits per heavy atom. The number of rotatable bonds is 5. The van der Waals surface area contributed by atoms with E-state index < -0.39 is 0 Å². The third-order valence-electron chi connectivity index (χ3n) is 3.99. The van der Waals surface area contributed by atoms with E-state index in [0.29, 0.717) is 19.3 Å². The molecule has 1 atom stereocenters. The predicted molar refractivity (Wildman–Crippen MR) is 90.4 cm³/mol. The number of hydrogen-bond acceptors (Lipinski definition) is 3. The van der Waals surface area contributed by atoms with E-state index in [2.05, 4.69) is 61.2 Å². The molecule has 0 aromatic heterocycles. The molecule has 2 aromatic rings. The first-order valence-corrected chi connectivity index (χ1v) is 8.03. The van der Waals surface area contributed by atoms with Gasteiger partial charge in [-0.2, -0.15) is 0 Å². The Morgan fingerprint density at radius 1 is 0.955 bits per heavy atom. The van der Waals surface area contributed by atoms with Gasteiger partial charge in [-0.25, -0.2) is 0 Å². The summed E-state index contributed by atoms with van der Waals surface area (Å²) in [5, 5.41) is 0. The van der Waals surface area contributed by atoms with E-state index in [1.165, 1.54) is 5.69 Å². The van der Waals surface area contributed by atoms with Crippen molar-refractivity contribution in [2.24, 2.45) is 0 Å². The first-order valence-electron chi connectivity index (χ1n) is 8.03. The summed E-state index contributed by atoms with van der Waals surface area (Å²) in [5.74, 6) is 1.68. The number of anilines is 2. The number of nitrogens with zero attached hydrogens (tertiary/aromatic N) is 1. The molecule has 1 aliphatic heterocycles. The van der Waals surface area contributed by atoms with E-state index in [4.69, 9.17) is 9.47 Å². The smallest absolute Gasteiger partial charge is 0.163 e. The molecule has 3 nitrogen and oxygen atoms in total. The SMILES string of the molecule is CCCC(C)N(c1ccccc1)c1ccc2c(c1)OCCO2. The zero-order chi connectivity index (χ0) is 15.4. The highest BCUT2D eigenvalue weighted by Crippen LogP contribution is 2.37. The minimum atomic E-state index is 0.426. The van der Waals surface area contributed by atoms with Gasteiger partial charge in [0.15, 0.2) is 11.5 Å². The fraction of sp³-hybridized carbons (Fsp3) is 0.368. The van der Waals surface area contributed by atoms with Crippen LogP contribution in [-0.2, 0) is 0 Å². The number of para-hydroxylation sites is 1. The third-order valence-corrected chi connectivity index (χ3v) is 3.99. The number of ether oxygens (including phenoxy) is 2. The second-order valence-corrected chi connectivity index (χ2v) is 5.67. The van der Waals surface area contributed by atoms with Gasteiger partial charge in [0.1, 0.15) is 13.2 Å². The van der Waals surface area contributed by atoms with Crippen molar-refractivity contribution < 1.29 is 9.47 Å². The summed E-state index contributed by atoms with van der Waals surface area (Å²) in [7, 11) is 0. The van der Waals surface area contributed by atoms with Crippen LogP contribution in [0, 0.1) is 0 Å². The van der Waals surface area contributed by atoms with Crippen molar-refractivity contribution in [3.63, 3.8) is 0 Å². The maximum atomic E-state index is 5.74. The molecule has 1 aliphatic rings.